The quantitative estimate of drug-likeness (QED) is 0.784. The van der Waals surface area contributed by atoms with Gasteiger partial charge in [0.25, 0.3) is 10.2 Å². The summed E-state index contributed by atoms with van der Waals surface area (Å²) < 4.78 is 24.0. The van der Waals surface area contributed by atoms with Crippen molar-refractivity contribution in [3.05, 3.63) is 41.1 Å². The van der Waals surface area contributed by atoms with Crippen LogP contribution in [0.2, 0.25) is 0 Å². The van der Waals surface area contributed by atoms with Crippen molar-refractivity contribution in [3.8, 4) is 0 Å². The van der Waals surface area contributed by atoms with Crippen molar-refractivity contribution in [1.29, 1.82) is 0 Å². The highest BCUT2D eigenvalue weighted by molar-refractivity contribution is 7.86. The first-order valence-electron chi connectivity index (χ1n) is 6.12. The molecule has 1 aromatic carbocycles. The SMILES string of the molecule is Cc1ccccc1Nc1n[nH]c2c1CN(S(N)(=O)=O)C2. The molecule has 2 heterocycles. The first kappa shape index (κ1) is 13.1. The molecular weight excluding hydrogens is 278 g/mol. The molecule has 2 aromatic rings. The van der Waals surface area contributed by atoms with E-state index in [2.05, 4.69) is 15.5 Å². The number of aryl methyl sites for hydroxylation is 1. The molecule has 0 bridgehead atoms. The number of benzene rings is 1. The molecule has 0 spiro atoms. The van der Waals surface area contributed by atoms with E-state index in [-0.39, 0.29) is 13.1 Å². The lowest BCUT2D eigenvalue weighted by atomic mass is 10.2. The Morgan fingerprint density at radius 1 is 1.35 bits per heavy atom. The average Bonchev–Trinajstić information content (AvgIpc) is 2.93. The fraction of sp³-hybridized carbons (Fsp3) is 0.250. The van der Waals surface area contributed by atoms with E-state index in [1.807, 2.05) is 31.2 Å². The molecule has 4 N–H and O–H groups in total. The maximum atomic E-state index is 11.4. The van der Waals surface area contributed by atoms with Crippen LogP contribution in [0.25, 0.3) is 0 Å². The molecule has 0 atom stereocenters. The monoisotopic (exact) mass is 293 g/mol. The largest absolute Gasteiger partial charge is 0.338 e. The van der Waals surface area contributed by atoms with Crippen molar-refractivity contribution in [1.82, 2.24) is 14.5 Å². The minimum Gasteiger partial charge on any atom is -0.338 e. The van der Waals surface area contributed by atoms with Gasteiger partial charge in [-0.2, -0.15) is 17.8 Å². The highest BCUT2D eigenvalue weighted by Crippen LogP contribution is 2.30. The minimum atomic E-state index is -3.68. The van der Waals surface area contributed by atoms with Gasteiger partial charge in [0, 0.05) is 17.8 Å². The predicted octanol–water partition coefficient (Wildman–Crippen LogP) is 0.981. The third-order valence-electron chi connectivity index (χ3n) is 3.38. The van der Waals surface area contributed by atoms with Gasteiger partial charge < -0.3 is 5.32 Å². The van der Waals surface area contributed by atoms with Crippen LogP contribution in [0.15, 0.2) is 24.3 Å². The normalized spacial score (nSPS) is 15.3. The maximum absolute atomic E-state index is 11.4. The zero-order valence-electron chi connectivity index (χ0n) is 10.9. The minimum absolute atomic E-state index is 0.233. The van der Waals surface area contributed by atoms with Crippen molar-refractivity contribution < 1.29 is 8.42 Å². The molecule has 7 nitrogen and oxygen atoms in total. The summed E-state index contributed by atoms with van der Waals surface area (Å²) in [6, 6.07) is 7.83. The number of hydrogen-bond donors (Lipinski definition) is 3. The molecule has 106 valence electrons. The van der Waals surface area contributed by atoms with Crippen LogP contribution in [0.5, 0.6) is 0 Å². The van der Waals surface area contributed by atoms with E-state index in [1.54, 1.807) is 0 Å². The number of aromatic nitrogens is 2. The number of rotatable bonds is 3. The summed E-state index contributed by atoms with van der Waals surface area (Å²) in [4.78, 5) is 0. The first-order valence-corrected chi connectivity index (χ1v) is 7.62. The molecule has 1 aliphatic rings. The van der Waals surface area contributed by atoms with Crippen LogP contribution in [0.4, 0.5) is 11.5 Å². The molecule has 0 fully saturated rings. The van der Waals surface area contributed by atoms with E-state index < -0.39 is 10.2 Å². The summed E-state index contributed by atoms with van der Waals surface area (Å²) in [5, 5.41) is 15.4. The Morgan fingerprint density at radius 3 is 2.80 bits per heavy atom. The summed E-state index contributed by atoms with van der Waals surface area (Å²) in [6.45, 7) is 2.46. The molecule has 0 radical (unpaired) electrons. The van der Waals surface area contributed by atoms with E-state index in [1.165, 1.54) is 4.31 Å². The van der Waals surface area contributed by atoms with Crippen LogP contribution in [0.3, 0.4) is 0 Å². The molecule has 1 aromatic heterocycles. The molecule has 3 rings (SSSR count). The Balaban J connectivity index is 1.88. The number of nitrogens with one attached hydrogen (secondary N) is 2. The molecule has 0 saturated carbocycles. The highest BCUT2D eigenvalue weighted by atomic mass is 32.2. The molecule has 0 unspecified atom stereocenters. The van der Waals surface area contributed by atoms with Crippen LogP contribution in [-0.2, 0) is 23.3 Å². The number of aromatic amines is 1. The third-order valence-corrected chi connectivity index (χ3v) is 4.36. The lowest BCUT2D eigenvalue weighted by Gasteiger charge is -2.12. The van der Waals surface area contributed by atoms with Gasteiger partial charge in [0.05, 0.1) is 12.2 Å². The van der Waals surface area contributed by atoms with E-state index in [4.69, 9.17) is 5.14 Å². The molecule has 20 heavy (non-hydrogen) atoms. The second kappa shape index (κ2) is 4.58. The highest BCUT2D eigenvalue weighted by Gasteiger charge is 2.30. The Morgan fingerprint density at radius 2 is 2.10 bits per heavy atom. The summed E-state index contributed by atoms with van der Waals surface area (Å²) >= 11 is 0. The standard InChI is InChI=1S/C12H15N5O2S/c1-8-4-2-3-5-10(8)14-12-9-6-17(20(13,18)19)7-11(9)15-16-12/h2-5H,6-7H2,1H3,(H2,13,18,19)(H2,14,15,16). The predicted molar refractivity (Wildman–Crippen MR) is 75.4 cm³/mol. The zero-order chi connectivity index (χ0) is 14.3. The average molecular weight is 293 g/mol. The number of H-pyrrole nitrogens is 1. The smallest absolute Gasteiger partial charge is 0.277 e. The first-order chi connectivity index (χ1) is 9.45. The van der Waals surface area contributed by atoms with Gasteiger partial charge >= 0.3 is 0 Å². The molecule has 0 aliphatic carbocycles. The third kappa shape index (κ3) is 2.28. The van der Waals surface area contributed by atoms with Crippen LogP contribution in [0.1, 0.15) is 16.8 Å². The topological polar surface area (TPSA) is 104 Å². The van der Waals surface area contributed by atoms with E-state index in [0.717, 1.165) is 22.5 Å². The van der Waals surface area contributed by atoms with Gasteiger partial charge in [-0.1, -0.05) is 18.2 Å². The van der Waals surface area contributed by atoms with Gasteiger partial charge in [0.15, 0.2) is 5.82 Å². The number of nitrogens with zero attached hydrogens (tertiary/aromatic N) is 2. The van der Waals surface area contributed by atoms with E-state index >= 15 is 0 Å². The molecule has 0 amide bonds. The fourth-order valence-corrected chi connectivity index (χ4v) is 2.85. The zero-order valence-corrected chi connectivity index (χ0v) is 11.7. The Labute approximate surface area is 117 Å². The van der Waals surface area contributed by atoms with E-state index in [0.29, 0.717) is 5.82 Å². The van der Waals surface area contributed by atoms with Crippen LogP contribution in [-0.4, -0.2) is 22.9 Å². The van der Waals surface area contributed by atoms with Crippen molar-refractivity contribution in [2.45, 2.75) is 20.0 Å². The van der Waals surface area contributed by atoms with Crippen molar-refractivity contribution >= 4 is 21.7 Å². The molecular formula is C12H15N5O2S. The lowest BCUT2D eigenvalue weighted by Crippen LogP contribution is -2.32. The summed E-state index contributed by atoms with van der Waals surface area (Å²) in [6.07, 6.45) is 0. The van der Waals surface area contributed by atoms with Gasteiger partial charge in [0.1, 0.15) is 0 Å². The van der Waals surface area contributed by atoms with Gasteiger partial charge in [-0.3, -0.25) is 5.10 Å². The number of anilines is 2. The molecule has 0 saturated heterocycles. The lowest BCUT2D eigenvalue weighted by molar-refractivity contribution is 0.428. The van der Waals surface area contributed by atoms with Crippen molar-refractivity contribution in [2.24, 2.45) is 5.14 Å². The number of nitrogens with two attached hydrogens (primary N) is 1. The second-order valence-corrected chi connectivity index (χ2v) is 6.33. The van der Waals surface area contributed by atoms with Gasteiger partial charge in [0.2, 0.25) is 0 Å². The summed E-state index contributed by atoms with van der Waals surface area (Å²) in [5.74, 6) is 0.639. The van der Waals surface area contributed by atoms with Crippen molar-refractivity contribution in [3.63, 3.8) is 0 Å². The number of fused-ring (bicyclic) bond motifs is 1. The van der Waals surface area contributed by atoms with Gasteiger partial charge in [-0.05, 0) is 18.6 Å². The summed E-state index contributed by atoms with van der Waals surface area (Å²) in [5.41, 5.74) is 3.64. The molecule has 1 aliphatic heterocycles. The van der Waals surface area contributed by atoms with Gasteiger partial charge in [-0.25, -0.2) is 5.14 Å². The van der Waals surface area contributed by atoms with Crippen LogP contribution < -0.4 is 10.5 Å². The Bertz CT molecular complexity index is 753. The number of para-hydroxylation sites is 1. The fourth-order valence-electron chi connectivity index (χ4n) is 2.24. The summed E-state index contributed by atoms with van der Waals surface area (Å²) in [7, 11) is -3.68. The van der Waals surface area contributed by atoms with Crippen molar-refractivity contribution in [2.75, 3.05) is 5.32 Å². The van der Waals surface area contributed by atoms with Crippen LogP contribution in [0, 0.1) is 6.92 Å². The Kier molecular flexibility index (Phi) is 3.00. The molecule has 8 heteroatoms. The maximum Gasteiger partial charge on any atom is 0.277 e. The number of hydrogen-bond acceptors (Lipinski definition) is 4. The van der Waals surface area contributed by atoms with Gasteiger partial charge in [-0.15, -0.1) is 0 Å². The Hall–Kier alpha value is -1.90. The van der Waals surface area contributed by atoms with E-state index in [9.17, 15) is 8.42 Å². The second-order valence-electron chi connectivity index (χ2n) is 4.78. The van der Waals surface area contributed by atoms with Crippen LogP contribution >= 0.6 is 0 Å².